The van der Waals surface area contributed by atoms with Crippen LogP contribution in [0.3, 0.4) is 0 Å². The van der Waals surface area contributed by atoms with Crippen LogP contribution in [0.2, 0.25) is 0 Å². The second-order valence-electron chi connectivity index (χ2n) is 7.21. The van der Waals surface area contributed by atoms with Gasteiger partial charge in [-0.3, -0.25) is 0 Å². The van der Waals surface area contributed by atoms with Crippen LogP contribution in [0.5, 0.6) is 0 Å². The van der Waals surface area contributed by atoms with E-state index in [4.69, 9.17) is 0 Å². The van der Waals surface area contributed by atoms with Gasteiger partial charge in [0, 0.05) is 13.1 Å². The van der Waals surface area contributed by atoms with E-state index in [1.807, 2.05) is 0 Å². The van der Waals surface area contributed by atoms with Gasteiger partial charge >= 0.3 is 0 Å². The van der Waals surface area contributed by atoms with Crippen molar-refractivity contribution in [2.45, 2.75) is 45.2 Å². The van der Waals surface area contributed by atoms with Gasteiger partial charge in [0.05, 0.1) is 0 Å². The Labute approximate surface area is 154 Å². The highest BCUT2D eigenvalue weighted by molar-refractivity contribution is 5.14. The molecule has 2 heteroatoms. The van der Waals surface area contributed by atoms with E-state index in [2.05, 4.69) is 84.6 Å². The van der Waals surface area contributed by atoms with Crippen LogP contribution in [-0.2, 0) is 13.1 Å². The van der Waals surface area contributed by atoms with Crippen molar-refractivity contribution in [1.29, 1.82) is 0 Å². The molecular formula is C23H34N2. The van der Waals surface area contributed by atoms with Gasteiger partial charge in [0.2, 0.25) is 0 Å². The molecule has 2 aromatic rings. The monoisotopic (exact) mass is 338 g/mol. The lowest BCUT2D eigenvalue weighted by Crippen LogP contribution is -2.19. The highest BCUT2D eigenvalue weighted by Gasteiger charge is 2.01. The van der Waals surface area contributed by atoms with E-state index in [1.54, 1.807) is 0 Å². The molecule has 0 unspecified atom stereocenters. The molecule has 2 nitrogen and oxygen atoms in total. The molecule has 2 aromatic carbocycles. The molecule has 0 amide bonds. The van der Waals surface area contributed by atoms with Gasteiger partial charge in [-0.05, 0) is 51.2 Å². The summed E-state index contributed by atoms with van der Waals surface area (Å²) in [5.74, 6) is 0. The van der Waals surface area contributed by atoms with Gasteiger partial charge in [-0.2, -0.15) is 0 Å². The predicted molar refractivity (Wildman–Crippen MR) is 109 cm³/mol. The number of hydrogen-bond donors (Lipinski definition) is 0. The average Bonchev–Trinajstić information content (AvgIpc) is 2.62. The van der Waals surface area contributed by atoms with E-state index in [0.29, 0.717) is 0 Å². The van der Waals surface area contributed by atoms with Crippen molar-refractivity contribution in [3.05, 3.63) is 71.8 Å². The Morgan fingerprint density at radius 3 is 1.28 bits per heavy atom. The summed E-state index contributed by atoms with van der Waals surface area (Å²) in [5.41, 5.74) is 2.82. The van der Waals surface area contributed by atoms with Crippen LogP contribution >= 0.6 is 0 Å². The van der Waals surface area contributed by atoms with Crippen LogP contribution in [0, 0.1) is 0 Å². The topological polar surface area (TPSA) is 6.48 Å². The molecule has 0 atom stereocenters. The molecule has 0 aliphatic heterocycles. The first-order valence-electron chi connectivity index (χ1n) is 9.69. The molecule has 0 N–H and O–H groups in total. The molecule has 136 valence electrons. The molecule has 0 fully saturated rings. The standard InChI is InChI=1S/C23H34N2/c1-24(20-22-14-8-6-9-15-22)18-12-4-3-5-13-19-25(2)21-23-16-10-7-11-17-23/h6-11,14-17H,3-5,12-13,18-21H2,1-2H3. The second-order valence-corrected chi connectivity index (χ2v) is 7.21. The van der Waals surface area contributed by atoms with E-state index < -0.39 is 0 Å². The third-order valence-corrected chi connectivity index (χ3v) is 4.67. The molecule has 0 spiro atoms. The molecule has 2 rings (SSSR count). The molecular weight excluding hydrogens is 304 g/mol. The molecule has 25 heavy (non-hydrogen) atoms. The van der Waals surface area contributed by atoms with Crippen LogP contribution in [0.15, 0.2) is 60.7 Å². The SMILES string of the molecule is CN(CCCCCCCN(C)Cc1ccccc1)Cc1ccccc1. The van der Waals surface area contributed by atoms with Crippen molar-refractivity contribution in [1.82, 2.24) is 9.80 Å². The molecule has 0 heterocycles. The minimum atomic E-state index is 1.06. The Morgan fingerprint density at radius 2 is 0.880 bits per heavy atom. The van der Waals surface area contributed by atoms with Crippen molar-refractivity contribution >= 4 is 0 Å². The van der Waals surface area contributed by atoms with Crippen LogP contribution in [0.4, 0.5) is 0 Å². The normalized spacial score (nSPS) is 11.4. The molecule has 0 aliphatic carbocycles. The van der Waals surface area contributed by atoms with Gasteiger partial charge in [-0.25, -0.2) is 0 Å². The maximum atomic E-state index is 2.43. The zero-order valence-corrected chi connectivity index (χ0v) is 16.0. The Bertz CT molecular complexity index is 501. The smallest absolute Gasteiger partial charge is 0.0230 e. The Balaban J connectivity index is 1.45. The van der Waals surface area contributed by atoms with Gasteiger partial charge in [0.25, 0.3) is 0 Å². The maximum Gasteiger partial charge on any atom is 0.0230 e. The molecule has 0 bridgehead atoms. The summed E-state index contributed by atoms with van der Waals surface area (Å²) >= 11 is 0. The first kappa shape index (κ1) is 19.7. The average molecular weight is 339 g/mol. The van der Waals surface area contributed by atoms with Gasteiger partial charge in [-0.1, -0.05) is 79.9 Å². The second kappa shape index (κ2) is 11.8. The van der Waals surface area contributed by atoms with Gasteiger partial charge < -0.3 is 9.80 Å². The number of unbranched alkanes of at least 4 members (excludes halogenated alkanes) is 4. The summed E-state index contributed by atoms with van der Waals surface area (Å²) in [6.45, 7) is 4.52. The van der Waals surface area contributed by atoms with E-state index in [9.17, 15) is 0 Å². The van der Waals surface area contributed by atoms with E-state index >= 15 is 0 Å². The van der Waals surface area contributed by atoms with Crippen molar-refractivity contribution in [3.63, 3.8) is 0 Å². The van der Waals surface area contributed by atoms with Gasteiger partial charge in [0.15, 0.2) is 0 Å². The number of benzene rings is 2. The fourth-order valence-electron chi connectivity index (χ4n) is 3.24. The summed E-state index contributed by atoms with van der Waals surface area (Å²) in [7, 11) is 4.46. The van der Waals surface area contributed by atoms with Crippen LogP contribution < -0.4 is 0 Å². The lowest BCUT2D eigenvalue weighted by atomic mass is 10.1. The maximum absolute atomic E-state index is 2.43. The fourth-order valence-corrected chi connectivity index (χ4v) is 3.24. The lowest BCUT2D eigenvalue weighted by molar-refractivity contribution is 0.307. The first-order chi connectivity index (χ1) is 12.2. The zero-order valence-electron chi connectivity index (χ0n) is 16.0. The summed E-state index contributed by atoms with van der Waals surface area (Å²) in [6.07, 6.45) is 6.67. The summed E-state index contributed by atoms with van der Waals surface area (Å²) in [5, 5.41) is 0. The lowest BCUT2D eigenvalue weighted by Gasteiger charge is -2.17. The molecule has 0 radical (unpaired) electrons. The van der Waals surface area contributed by atoms with E-state index in [-0.39, 0.29) is 0 Å². The summed E-state index contributed by atoms with van der Waals surface area (Å²) in [6, 6.07) is 21.5. The van der Waals surface area contributed by atoms with Crippen molar-refractivity contribution in [3.8, 4) is 0 Å². The van der Waals surface area contributed by atoms with Crippen LogP contribution in [0.25, 0.3) is 0 Å². The van der Waals surface area contributed by atoms with Crippen molar-refractivity contribution < 1.29 is 0 Å². The third kappa shape index (κ3) is 8.85. The molecule has 0 aromatic heterocycles. The minimum absolute atomic E-state index is 1.06. The van der Waals surface area contributed by atoms with Crippen LogP contribution in [-0.4, -0.2) is 37.0 Å². The highest BCUT2D eigenvalue weighted by Crippen LogP contribution is 2.08. The molecule has 0 saturated carbocycles. The Hall–Kier alpha value is -1.64. The largest absolute Gasteiger partial charge is 0.302 e. The first-order valence-corrected chi connectivity index (χ1v) is 9.69. The molecule has 0 aliphatic rings. The fraction of sp³-hybridized carbons (Fsp3) is 0.478. The van der Waals surface area contributed by atoms with Gasteiger partial charge in [-0.15, -0.1) is 0 Å². The number of nitrogens with zero attached hydrogens (tertiary/aromatic N) is 2. The van der Waals surface area contributed by atoms with Crippen LogP contribution in [0.1, 0.15) is 43.2 Å². The molecule has 0 saturated heterocycles. The van der Waals surface area contributed by atoms with E-state index in [0.717, 1.165) is 13.1 Å². The van der Waals surface area contributed by atoms with Crippen molar-refractivity contribution in [2.75, 3.05) is 27.2 Å². The summed E-state index contributed by atoms with van der Waals surface area (Å²) in [4.78, 5) is 4.87. The van der Waals surface area contributed by atoms with Gasteiger partial charge in [0.1, 0.15) is 0 Å². The predicted octanol–water partition coefficient (Wildman–Crippen LogP) is 5.20. The Morgan fingerprint density at radius 1 is 0.520 bits per heavy atom. The minimum Gasteiger partial charge on any atom is -0.302 e. The third-order valence-electron chi connectivity index (χ3n) is 4.67. The van der Waals surface area contributed by atoms with E-state index in [1.165, 1.54) is 56.3 Å². The quantitative estimate of drug-likeness (QED) is 0.491. The Kier molecular flexibility index (Phi) is 9.32. The highest BCUT2D eigenvalue weighted by atomic mass is 15.1. The number of hydrogen-bond acceptors (Lipinski definition) is 2. The summed E-state index contributed by atoms with van der Waals surface area (Å²) < 4.78 is 0. The zero-order chi connectivity index (χ0) is 17.7. The van der Waals surface area contributed by atoms with Crippen molar-refractivity contribution in [2.24, 2.45) is 0 Å². The number of rotatable bonds is 12.